The Morgan fingerprint density at radius 2 is 2.00 bits per heavy atom. The summed E-state index contributed by atoms with van der Waals surface area (Å²) in [4.78, 5) is 0. The van der Waals surface area contributed by atoms with Gasteiger partial charge in [-0.15, -0.1) is 0 Å². The number of nitrogens with one attached hydrogen (secondary N) is 1. The third kappa shape index (κ3) is 1.78. The van der Waals surface area contributed by atoms with Crippen molar-refractivity contribution in [1.82, 2.24) is 5.32 Å². The predicted octanol–water partition coefficient (Wildman–Crippen LogP) is 2.36. The highest BCUT2D eigenvalue weighted by Gasteiger charge is 2.07. The van der Waals surface area contributed by atoms with Crippen molar-refractivity contribution >= 4 is 34.8 Å². The summed E-state index contributed by atoms with van der Waals surface area (Å²) in [6, 6.07) is 0. The minimum absolute atomic E-state index is 0.236. The third-order valence-electron chi connectivity index (χ3n) is 0.890. The van der Waals surface area contributed by atoms with Crippen LogP contribution in [0.15, 0.2) is 22.3 Å². The van der Waals surface area contributed by atoms with Crippen LogP contribution >= 0.6 is 34.8 Å². The van der Waals surface area contributed by atoms with Gasteiger partial charge in [-0.1, -0.05) is 34.8 Å². The molecule has 0 radical (unpaired) electrons. The molecule has 0 fully saturated rings. The average Bonchev–Trinajstić information content (AvgIpc) is 1.80. The zero-order valence-corrected chi connectivity index (χ0v) is 6.63. The Hall–Kier alpha value is 0.150. The second-order valence-corrected chi connectivity index (χ2v) is 2.86. The first kappa shape index (κ1) is 7.26. The van der Waals surface area contributed by atoms with Crippen molar-refractivity contribution in [2.45, 2.75) is 5.50 Å². The number of hydrogen-bond donors (Lipinski definition) is 1. The predicted molar refractivity (Wildman–Crippen MR) is 40.6 cm³/mol. The van der Waals surface area contributed by atoms with E-state index in [1.54, 1.807) is 12.3 Å². The standard InChI is InChI=1S/C5H4Cl3N/c6-3-1-5(8)9-2-4(3)7/h1-2,5,9H. The molecule has 0 spiro atoms. The fourth-order valence-electron chi connectivity index (χ4n) is 0.478. The van der Waals surface area contributed by atoms with Gasteiger partial charge in [0.25, 0.3) is 0 Å². The Labute approximate surface area is 68.3 Å². The van der Waals surface area contributed by atoms with Gasteiger partial charge in [0.15, 0.2) is 0 Å². The highest BCUT2D eigenvalue weighted by Crippen LogP contribution is 2.22. The number of hydrogen-bond acceptors (Lipinski definition) is 1. The summed E-state index contributed by atoms with van der Waals surface area (Å²) in [5.41, 5.74) is -0.236. The van der Waals surface area contributed by atoms with E-state index in [4.69, 9.17) is 34.8 Å². The Balaban J connectivity index is 2.75. The molecule has 1 atom stereocenters. The summed E-state index contributed by atoms with van der Waals surface area (Å²) in [6.07, 6.45) is 3.20. The van der Waals surface area contributed by atoms with E-state index < -0.39 is 0 Å². The maximum atomic E-state index is 5.60. The van der Waals surface area contributed by atoms with E-state index in [9.17, 15) is 0 Å². The number of halogens is 3. The molecule has 50 valence electrons. The number of allylic oxidation sites excluding steroid dienone is 2. The molecule has 1 rings (SSSR count). The summed E-state index contributed by atoms with van der Waals surface area (Å²) in [5.74, 6) is 0. The van der Waals surface area contributed by atoms with E-state index in [2.05, 4.69) is 5.32 Å². The van der Waals surface area contributed by atoms with Crippen molar-refractivity contribution in [2.24, 2.45) is 0 Å². The SMILES string of the molecule is ClC1=CNC(Cl)C=C1Cl. The molecule has 9 heavy (non-hydrogen) atoms. The van der Waals surface area contributed by atoms with Gasteiger partial charge in [-0.25, -0.2) is 0 Å². The molecule has 1 unspecified atom stereocenters. The fourth-order valence-corrected chi connectivity index (χ4v) is 1.04. The topological polar surface area (TPSA) is 12.0 Å². The third-order valence-corrected chi connectivity index (χ3v) is 1.88. The molecule has 0 saturated heterocycles. The second-order valence-electron chi connectivity index (χ2n) is 1.58. The zero-order valence-electron chi connectivity index (χ0n) is 4.37. The first-order valence-electron chi connectivity index (χ1n) is 2.33. The Morgan fingerprint density at radius 3 is 2.44 bits per heavy atom. The van der Waals surface area contributed by atoms with Gasteiger partial charge in [-0.2, -0.15) is 0 Å². The van der Waals surface area contributed by atoms with Crippen LogP contribution in [0.1, 0.15) is 0 Å². The van der Waals surface area contributed by atoms with Crippen LogP contribution in [0, 0.1) is 0 Å². The molecule has 0 aromatic heterocycles. The van der Waals surface area contributed by atoms with Gasteiger partial charge >= 0.3 is 0 Å². The lowest BCUT2D eigenvalue weighted by Crippen LogP contribution is -2.18. The molecule has 0 aliphatic carbocycles. The first-order valence-corrected chi connectivity index (χ1v) is 3.53. The van der Waals surface area contributed by atoms with Gasteiger partial charge in [0, 0.05) is 6.20 Å². The molecule has 1 N–H and O–H groups in total. The lowest BCUT2D eigenvalue weighted by atomic mass is 10.4. The molecule has 0 amide bonds. The highest BCUT2D eigenvalue weighted by molar-refractivity contribution is 6.44. The highest BCUT2D eigenvalue weighted by atomic mass is 35.5. The van der Waals surface area contributed by atoms with Crippen LogP contribution in [-0.2, 0) is 0 Å². The van der Waals surface area contributed by atoms with E-state index in [1.807, 2.05) is 0 Å². The summed E-state index contributed by atoms with van der Waals surface area (Å²) in [5, 5.41) is 3.76. The lowest BCUT2D eigenvalue weighted by molar-refractivity contribution is 0.895. The summed E-state index contributed by atoms with van der Waals surface area (Å²) < 4.78 is 0. The van der Waals surface area contributed by atoms with Crippen molar-refractivity contribution in [3.05, 3.63) is 22.3 Å². The van der Waals surface area contributed by atoms with Crippen LogP contribution in [0.5, 0.6) is 0 Å². The fraction of sp³-hybridized carbons (Fsp3) is 0.200. The normalized spacial score (nSPS) is 26.3. The summed E-state index contributed by atoms with van der Waals surface area (Å²) in [6.45, 7) is 0. The van der Waals surface area contributed by atoms with Gasteiger partial charge in [-0.3, -0.25) is 0 Å². The number of alkyl halides is 1. The van der Waals surface area contributed by atoms with Gasteiger partial charge in [0.05, 0.1) is 10.1 Å². The van der Waals surface area contributed by atoms with E-state index in [0.717, 1.165) is 0 Å². The molecular formula is C5H4Cl3N. The van der Waals surface area contributed by atoms with Crippen molar-refractivity contribution in [3.8, 4) is 0 Å². The number of dihydropyridines is 1. The quantitative estimate of drug-likeness (QED) is 0.450. The minimum Gasteiger partial charge on any atom is -0.371 e. The molecule has 4 heteroatoms. The van der Waals surface area contributed by atoms with Crippen molar-refractivity contribution < 1.29 is 0 Å². The molecule has 1 heterocycles. The molecule has 1 aliphatic rings. The largest absolute Gasteiger partial charge is 0.371 e. The van der Waals surface area contributed by atoms with Crippen LogP contribution in [0.25, 0.3) is 0 Å². The Morgan fingerprint density at radius 1 is 1.33 bits per heavy atom. The van der Waals surface area contributed by atoms with Crippen LogP contribution < -0.4 is 5.32 Å². The van der Waals surface area contributed by atoms with E-state index in [0.29, 0.717) is 10.1 Å². The second kappa shape index (κ2) is 2.82. The number of rotatable bonds is 0. The van der Waals surface area contributed by atoms with E-state index in [-0.39, 0.29) is 5.50 Å². The maximum Gasteiger partial charge on any atom is 0.121 e. The molecule has 1 nitrogen and oxygen atoms in total. The Bertz CT molecular complexity index is 173. The molecule has 1 aliphatic heterocycles. The van der Waals surface area contributed by atoms with Crippen LogP contribution in [-0.4, -0.2) is 5.50 Å². The van der Waals surface area contributed by atoms with Crippen molar-refractivity contribution in [3.63, 3.8) is 0 Å². The van der Waals surface area contributed by atoms with Gasteiger partial charge in [0.1, 0.15) is 5.50 Å². The molecule has 0 aromatic carbocycles. The smallest absolute Gasteiger partial charge is 0.121 e. The first-order chi connectivity index (χ1) is 4.20. The molecular weight excluding hydrogens is 180 g/mol. The van der Waals surface area contributed by atoms with Crippen LogP contribution in [0.4, 0.5) is 0 Å². The van der Waals surface area contributed by atoms with Crippen LogP contribution in [0.2, 0.25) is 0 Å². The summed E-state index contributed by atoms with van der Waals surface area (Å²) >= 11 is 16.8. The van der Waals surface area contributed by atoms with E-state index in [1.165, 1.54) is 0 Å². The van der Waals surface area contributed by atoms with Crippen LogP contribution in [0.3, 0.4) is 0 Å². The van der Waals surface area contributed by atoms with Gasteiger partial charge < -0.3 is 5.32 Å². The lowest BCUT2D eigenvalue weighted by Gasteiger charge is -2.10. The molecule has 0 bridgehead atoms. The monoisotopic (exact) mass is 183 g/mol. The van der Waals surface area contributed by atoms with Gasteiger partial charge in [-0.05, 0) is 6.08 Å². The average molecular weight is 184 g/mol. The van der Waals surface area contributed by atoms with Crippen molar-refractivity contribution in [1.29, 1.82) is 0 Å². The maximum absolute atomic E-state index is 5.60. The molecule has 0 saturated carbocycles. The van der Waals surface area contributed by atoms with Gasteiger partial charge in [0.2, 0.25) is 0 Å². The minimum atomic E-state index is -0.236. The Kier molecular flexibility index (Phi) is 2.28. The zero-order chi connectivity index (χ0) is 6.85. The van der Waals surface area contributed by atoms with Crippen molar-refractivity contribution in [2.75, 3.05) is 0 Å². The molecule has 0 aromatic rings. The van der Waals surface area contributed by atoms with E-state index >= 15 is 0 Å². The summed E-state index contributed by atoms with van der Waals surface area (Å²) in [7, 11) is 0.